The Labute approximate surface area is 141 Å². The Morgan fingerprint density at radius 3 is 2.29 bits per heavy atom. The summed E-state index contributed by atoms with van der Waals surface area (Å²) in [6.07, 6.45) is 7.68. The molecule has 4 bridgehead atoms. The van der Waals surface area contributed by atoms with Gasteiger partial charge in [-0.1, -0.05) is 0 Å². The molecule has 0 unspecified atom stereocenters. The van der Waals surface area contributed by atoms with Crippen molar-refractivity contribution in [1.82, 2.24) is 5.32 Å². The van der Waals surface area contributed by atoms with Crippen LogP contribution in [-0.2, 0) is 23.9 Å². The van der Waals surface area contributed by atoms with Crippen LogP contribution in [0.4, 0.5) is 0 Å². The van der Waals surface area contributed by atoms with Gasteiger partial charge in [0.15, 0.2) is 0 Å². The Balaban J connectivity index is 1.25. The highest BCUT2D eigenvalue weighted by Crippen LogP contribution is 2.61. The molecular weight excluding hydrogens is 310 g/mol. The third-order valence-corrected chi connectivity index (χ3v) is 6.29. The topological polar surface area (TPSA) is 81.7 Å². The summed E-state index contributed by atoms with van der Waals surface area (Å²) < 4.78 is 9.79. The number of amides is 1. The zero-order chi connectivity index (χ0) is 16.7. The number of esters is 2. The van der Waals surface area contributed by atoms with Gasteiger partial charge in [0.1, 0.15) is 6.54 Å². The lowest BCUT2D eigenvalue weighted by Crippen LogP contribution is -2.48. The number of nitrogens with one attached hydrogen (secondary N) is 1. The highest BCUT2D eigenvalue weighted by molar-refractivity contribution is 5.84. The minimum absolute atomic E-state index is 0.0668. The lowest BCUT2D eigenvalue weighted by molar-refractivity contribution is -0.159. The molecule has 0 aromatic rings. The van der Waals surface area contributed by atoms with Gasteiger partial charge in [0, 0.05) is 12.8 Å². The van der Waals surface area contributed by atoms with Gasteiger partial charge in [-0.25, -0.2) is 4.79 Å². The molecule has 24 heavy (non-hydrogen) atoms. The smallest absolute Gasteiger partial charge is 0.347 e. The van der Waals surface area contributed by atoms with E-state index in [1.165, 1.54) is 38.5 Å². The molecule has 1 aliphatic heterocycles. The fraction of sp³-hybridized carbons (Fsp3) is 0.833. The number of ether oxygens (including phenoxy) is 2. The van der Waals surface area contributed by atoms with E-state index in [1.807, 2.05) is 0 Å². The summed E-state index contributed by atoms with van der Waals surface area (Å²) in [5.74, 6) is 1.29. The molecule has 6 nitrogen and oxygen atoms in total. The lowest BCUT2D eigenvalue weighted by Gasteiger charge is -2.56. The van der Waals surface area contributed by atoms with Crippen molar-refractivity contribution in [1.29, 1.82) is 0 Å². The Morgan fingerprint density at radius 1 is 1.12 bits per heavy atom. The number of hydrogen-bond acceptors (Lipinski definition) is 5. The third kappa shape index (κ3) is 3.15. The van der Waals surface area contributed by atoms with E-state index in [1.54, 1.807) is 0 Å². The summed E-state index contributed by atoms with van der Waals surface area (Å²) in [4.78, 5) is 35.4. The summed E-state index contributed by atoms with van der Waals surface area (Å²) in [6, 6.07) is 0. The van der Waals surface area contributed by atoms with Gasteiger partial charge in [0.2, 0.25) is 12.0 Å². The maximum atomic E-state index is 12.3. The van der Waals surface area contributed by atoms with E-state index < -0.39 is 18.0 Å². The molecule has 4 aliphatic carbocycles. The Hall–Kier alpha value is -1.59. The molecule has 132 valence electrons. The zero-order valence-electron chi connectivity index (χ0n) is 13.9. The molecule has 6 heteroatoms. The van der Waals surface area contributed by atoms with Gasteiger partial charge >= 0.3 is 11.9 Å². The molecule has 0 aromatic carbocycles. The molecular formula is C18H25NO5. The standard InChI is InChI=1S/C18H25NO5/c20-15(19-10-16(21)24-14-1-2-23-17(14)22)9-18-6-11-3-12(7-18)5-13(4-11)8-18/h11-14H,1-10H2,(H,19,20)/t11?,12?,13?,14-,18?/m1/s1. The fourth-order valence-corrected chi connectivity index (χ4v) is 5.87. The lowest BCUT2D eigenvalue weighted by atomic mass is 9.49. The van der Waals surface area contributed by atoms with Gasteiger partial charge in [-0.05, 0) is 61.7 Å². The first-order chi connectivity index (χ1) is 11.5. The fourth-order valence-electron chi connectivity index (χ4n) is 5.87. The highest BCUT2D eigenvalue weighted by atomic mass is 16.6. The number of carbonyl (C=O) groups is 3. The van der Waals surface area contributed by atoms with Crippen molar-refractivity contribution in [2.75, 3.05) is 13.2 Å². The largest absolute Gasteiger partial charge is 0.463 e. The van der Waals surface area contributed by atoms with Crippen LogP contribution in [0, 0.1) is 23.2 Å². The van der Waals surface area contributed by atoms with Crippen LogP contribution in [-0.4, -0.2) is 37.1 Å². The van der Waals surface area contributed by atoms with Crippen molar-refractivity contribution in [3.8, 4) is 0 Å². The minimum Gasteiger partial charge on any atom is -0.463 e. The van der Waals surface area contributed by atoms with Crippen LogP contribution in [0.3, 0.4) is 0 Å². The van der Waals surface area contributed by atoms with Crippen molar-refractivity contribution in [3.63, 3.8) is 0 Å². The predicted molar refractivity (Wildman–Crippen MR) is 83.7 cm³/mol. The van der Waals surface area contributed by atoms with Gasteiger partial charge in [0.05, 0.1) is 6.61 Å². The molecule has 5 fully saturated rings. The average molecular weight is 335 g/mol. The zero-order valence-corrected chi connectivity index (χ0v) is 13.9. The van der Waals surface area contributed by atoms with Gasteiger partial charge in [0.25, 0.3) is 0 Å². The number of hydrogen-bond donors (Lipinski definition) is 1. The molecule has 1 N–H and O–H groups in total. The number of rotatable bonds is 5. The molecule has 1 heterocycles. The third-order valence-electron chi connectivity index (χ3n) is 6.29. The molecule has 0 radical (unpaired) electrons. The van der Waals surface area contributed by atoms with Crippen LogP contribution in [0.5, 0.6) is 0 Å². The van der Waals surface area contributed by atoms with E-state index in [-0.39, 0.29) is 24.5 Å². The van der Waals surface area contributed by atoms with E-state index in [0.717, 1.165) is 17.8 Å². The maximum absolute atomic E-state index is 12.3. The summed E-state index contributed by atoms with van der Waals surface area (Å²) in [5, 5.41) is 2.68. The predicted octanol–water partition coefficient (Wildman–Crippen LogP) is 1.57. The van der Waals surface area contributed by atoms with E-state index in [2.05, 4.69) is 5.32 Å². The van der Waals surface area contributed by atoms with Crippen LogP contribution in [0.2, 0.25) is 0 Å². The van der Waals surface area contributed by atoms with E-state index in [9.17, 15) is 14.4 Å². The molecule has 1 saturated heterocycles. The van der Waals surface area contributed by atoms with Crippen molar-refractivity contribution in [2.45, 2.75) is 57.5 Å². The van der Waals surface area contributed by atoms with E-state index in [4.69, 9.17) is 9.47 Å². The minimum atomic E-state index is -0.808. The van der Waals surface area contributed by atoms with Gasteiger partial charge in [-0.2, -0.15) is 0 Å². The first-order valence-electron chi connectivity index (χ1n) is 9.14. The SMILES string of the molecule is O=C(CC12CC3CC(CC(C3)C1)C2)NCC(=O)O[C@@H]1CCOC1=O. The summed E-state index contributed by atoms with van der Waals surface area (Å²) in [6.45, 7) is 0.115. The molecule has 4 saturated carbocycles. The second-order valence-electron chi connectivity index (χ2n) is 8.31. The average Bonchev–Trinajstić information content (AvgIpc) is 2.88. The van der Waals surface area contributed by atoms with Crippen molar-refractivity contribution in [2.24, 2.45) is 23.2 Å². The maximum Gasteiger partial charge on any atom is 0.347 e. The summed E-state index contributed by atoms with van der Waals surface area (Å²) in [5.41, 5.74) is 0.165. The molecule has 0 spiro atoms. The second kappa shape index (κ2) is 6.05. The van der Waals surface area contributed by atoms with Crippen LogP contribution in [0.1, 0.15) is 51.4 Å². The van der Waals surface area contributed by atoms with E-state index in [0.29, 0.717) is 12.8 Å². The van der Waals surface area contributed by atoms with Crippen LogP contribution < -0.4 is 5.32 Å². The molecule has 0 aromatic heterocycles. The van der Waals surface area contributed by atoms with Crippen molar-refractivity contribution >= 4 is 17.8 Å². The quantitative estimate of drug-likeness (QED) is 0.771. The van der Waals surface area contributed by atoms with Crippen LogP contribution in [0.25, 0.3) is 0 Å². The second-order valence-corrected chi connectivity index (χ2v) is 8.31. The van der Waals surface area contributed by atoms with Crippen molar-refractivity contribution in [3.05, 3.63) is 0 Å². The van der Waals surface area contributed by atoms with E-state index >= 15 is 0 Å². The first-order valence-corrected chi connectivity index (χ1v) is 9.14. The summed E-state index contributed by atoms with van der Waals surface area (Å²) in [7, 11) is 0. The van der Waals surface area contributed by atoms with Gasteiger partial charge in [-0.15, -0.1) is 0 Å². The van der Waals surface area contributed by atoms with Crippen LogP contribution in [0.15, 0.2) is 0 Å². The van der Waals surface area contributed by atoms with Crippen LogP contribution >= 0.6 is 0 Å². The first kappa shape index (κ1) is 15.9. The number of cyclic esters (lactones) is 1. The summed E-state index contributed by atoms with van der Waals surface area (Å²) >= 11 is 0. The Morgan fingerprint density at radius 2 is 1.75 bits per heavy atom. The monoisotopic (exact) mass is 335 g/mol. The molecule has 1 amide bonds. The van der Waals surface area contributed by atoms with Gasteiger partial charge in [-0.3, -0.25) is 9.59 Å². The Bertz CT molecular complexity index is 522. The number of carbonyl (C=O) groups excluding carboxylic acids is 3. The van der Waals surface area contributed by atoms with Crippen molar-refractivity contribution < 1.29 is 23.9 Å². The van der Waals surface area contributed by atoms with Gasteiger partial charge < -0.3 is 14.8 Å². The molecule has 5 aliphatic rings. The normalized spacial score (nSPS) is 39.6. The highest BCUT2D eigenvalue weighted by Gasteiger charge is 2.51. The molecule has 5 rings (SSSR count). The molecule has 1 atom stereocenters. The Kier molecular flexibility index (Phi) is 4.01.